The van der Waals surface area contributed by atoms with Gasteiger partial charge in [-0.15, -0.1) is 4.73 Å². The van der Waals surface area contributed by atoms with Crippen LogP contribution in [0.25, 0.3) is 6.08 Å². The van der Waals surface area contributed by atoms with Gasteiger partial charge in [0.05, 0.1) is 12.2 Å². The Labute approximate surface area is 124 Å². The molecule has 0 fully saturated rings. The van der Waals surface area contributed by atoms with Crippen molar-refractivity contribution < 1.29 is 9.94 Å². The van der Waals surface area contributed by atoms with E-state index < -0.39 is 11.2 Å². The highest BCUT2D eigenvalue weighted by molar-refractivity contribution is 7.99. The van der Waals surface area contributed by atoms with Crippen LogP contribution in [0.4, 0.5) is 0 Å². The average Bonchev–Trinajstić information content (AvgIpc) is 2.48. The van der Waals surface area contributed by atoms with Crippen LogP contribution in [-0.2, 0) is 0 Å². The molecule has 0 aliphatic rings. The van der Waals surface area contributed by atoms with Crippen molar-refractivity contribution in [3.8, 4) is 0 Å². The predicted molar refractivity (Wildman–Crippen MR) is 80.5 cm³/mol. The third-order valence-corrected chi connectivity index (χ3v) is 3.62. The van der Waals surface area contributed by atoms with Crippen LogP contribution in [0.2, 0.25) is 0 Å². The standard InChI is InChI=1S/C14H14N2O4S/c1-2-11-12(18)15-14(19)16(20-9-8-17)13(11)21-10-6-4-3-5-7-10/h2-7,17H,1,8-9H2,(H,15,18,19). The summed E-state index contributed by atoms with van der Waals surface area (Å²) in [7, 11) is 0. The van der Waals surface area contributed by atoms with Crippen molar-refractivity contribution in [2.24, 2.45) is 0 Å². The number of benzene rings is 1. The van der Waals surface area contributed by atoms with Crippen LogP contribution in [-0.4, -0.2) is 28.0 Å². The van der Waals surface area contributed by atoms with Gasteiger partial charge in [-0.05, 0) is 12.1 Å². The summed E-state index contributed by atoms with van der Waals surface area (Å²) in [6.45, 7) is 3.28. The molecule has 0 amide bonds. The summed E-state index contributed by atoms with van der Waals surface area (Å²) in [5, 5.41) is 9.16. The van der Waals surface area contributed by atoms with Gasteiger partial charge in [-0.3, -0.25) is 9.78 Å². The van der Waals surface area contributed by atoms with Gasteiger partial charge in [0.15, 0.2) is 0 Å². The third-order valence-electron chi connectivity index (χ3n) is 2.54. The molecule has 0 atom stereocenters. The number of hydrogen-bond donors (Lipinski definition) is 2. The average molecular weight is 306 g/mol. The summed E-state index contributed by atoms with van der Waals surface area (Å²) >= 11 is 1.21. The first-order valence-corrected chi connectivity index (χ1v) is 6.98. The Hall–Kier alpha value is -2.25. The smallest absolute Gasteiger partial charge is 0.362 e. The predicted octanol–water partition coefficient (Wildman–Crippen LogP) is 0.752. The van der Waals surface area contributed by atoms with Gasteiger partial charge in [0.1, 0.15) is 11.6 Å². The summed E-state index contributed by atoms with van der Waals surface area (Å²) < 4.78 is 0.965. The van der Waals surface area contributed by atoms with Crippen molar-refractivity contribution in [1.82, 2.24) is 9.71 Å². The van der Waals surface area contributed by atoms with Crippen molar-refractivity contribution in [1.29, 1.82) is 0 Å². The van der Waals surface area contributed by atoms with Crippen LogP contribution in [0.3, 0.4) is 0 Å². The molecule has 110 valence electrons. The van der Waals surface area contributed by atoms with Crippen molar-refractivity contribution in [2.45, 2.75) is 9.92 Å². The van der Waals surface area contributed by atoms with E-state index in [9.17, 15) is 9.59 Å². The Bertz CT molecular complexity index is 737. The summed E-state index contributed by atoms with van der Waals surface area (Å²) in [4.78, 5) is 31.9. The molecule has 0 saturated heterocycles. The Morgan fingerprint density at radius 2 is 2.05 bits per heavy atom. The lowest BCUT2D eigenvalue weighted by atomic mass is 10.3. The Morgan fingerprint density at radius 1 is 1.33 bits per heavy atom. The van der Waals surface area contributed by atoms with E-state index in [1.165, 1.54) is 17.8 Å². The van der Waals surface area contributed by atoms with Crippen molar-refractivity contribution >= 4 is 17.8 Å². The molecule has 0 aliphatic carbocycles. The molecule has 1 aromatic heterocycles. The van der Waals surface area contributed by atoms with Gasteiger partial charge in [0.25, 0.3) is 5.56 Å². The summed E-state index contributed by atoms with van der Waals surface area (Å²) in [5.41, 5.74) is -0.990. The minimum atomic E-state index is -0.697. The molecule has 2 rings (SSSR count). The number of nitrogens with one attached hydrogen (secondary N) is 1. The second-order valence-corrected chi connectivity index (χ2v) is 5.01. The molecule has 1 heterocycles. The molecular formula is C14H14N2O4S. The topological polar surface area (TPSA) is 84.3 Å². The molecule has 0 radical (unpaired) electrons. The van der Waals surface area contributed by atoms with Crippen molar-refractivity contribution in [3.63, 3.8) is 0 Å². The highest BCUT2D eigenvalue weighted by atomic mass is 32.2. The van der Waals surface area contributed by atoms with E-state index in [4.69, 9.17) is 9.94 Å². The molecule has 0 spiro atoms. The fourth-order valence-corrected chi connectivity index (χ4v) is 2.66. The zero-order chi connectivity index (χ0) is 15.2. The van der Waals surface area contributed by atoms with Gasteiger partial charge in [-0.2, -0.15) is 0 Å². The molecule has 6 nitrogen and oxygen atoms in total. The lowest BCUT2D eigenvalue weighted by molar-refractivity contribution is 0.0517. The monoisotopic (exact) mass is 306 g/mol. The number of aliphatic hydroxyl groups is 1. The van der Waals surface area contributed by atoms with E-state index in [1.54, 1.807) is 0 Å². The fraction of sp³-hybridized carbons (Fsp3) is 0.143. The molecule has 0 aliphatic heterocycles. The fourth-order valence-electron chi connectivity index (χ4n) is 1.64. The maximum Gasteiger partial charge on any atom is 0.362 e. The molecule has 2 aromatic rings. The van der Waals surface area contributed by atoms with E-state index >= 15 is 0 Å². The van der Waals surface area contributed by atoms with Crippen LogP contribution in [0, 0.1) is 0 Å². The van der Waals surface area contributed by atoms with Crippen LogP contribution >= 0.6 is 11.8 Å². The minimum Gasteiger partial charge on any atom is -0.406 e. The maximum absolute atomic E-state index is 11.9. The van der Waals surface area contributed by atoms with Gasteiger partial charge >= 0.3 is 5.69 Å². The van der Waals surface area contributed by atoms with Gasteiger partial charge in [-0.25, -0.2) is 4.79 Å². The summed E-state index contributed by atoms with van der Waals surface area (Å²) in [6.07, 6.45) is 1.36. The third kappa shape index (κ3) is 3.45. The minimum absolute atomic E-state index is 0.0646. The molecule has 7 heteroatoms. The zero-order valence-corrected chi connectivity index (χ0v) is 11.9. The van der Waals surface area contributed by atoms with E-state index in [1.807, 2.05) is 30.3 Å². The number of aromatic amines is 1. The van der Waals surface area contributed by atoms with Gasteiger partial charge < -0.3 is 9.94 Å². The number of nitrogens with zero attached hydrogens (tertiary/aromatic N) is 1. The quantitative estimate of drug-likeness (QED) is 0.770. The molecule has 0 unspecified atom stereocenters. The van der Waals surface area contributed by atoms with E-state index in [-0.39, 0.29) is 18.8 Å². The van der Waals surface area contributed by atoms with Crippen molar-refractivity contribution in [2.75, 3.05) is 13.2 Å². The second-order valence-electron chi connectivity index (χ2n) is 3.95. The summed E-state index contributed by atoms with van der Waals surface area (Å²) in [6, 6.07) is 9.25. The first kappa shape index (κ1) is 15.1. The van der Waals surface area contributed by atoms with Gasteiger partial charge in [-0.1, -0.05) is 42.6 Å². The van der Waals surface area contributed by atoms with Gasteiger partial charge in [0, 0.05) is 4.90 Å². The lowest BCUT2D eigenvalue weighted by Gasteiger charge is -2.13. The Kier molecular flexibility index (Phi) is 5.02. The number of H-pyrrole nitrogens is 1. The SMILES string of the molecule is C=Cc1c(Sc2ccccc2)n(OCCO)c(=O)[nH]c1=O. The van der Waals surface area contributed by atoms with Gasteiger partial charge in [0.2, 0.25) is 0 Å². The molecule has 0 bridgehead atoms. The second kappa shape index (κ2) is 6.96. The Balaban J connectivity index is 2.56. The highest BCUT2D eigenvalue weighted by Gasteiger charge is 2.15. The number of hydrogen-bond acceptors (Lipinski definition) is 5. The molecular weight excluding hydrogens is 292 g/mol. The first-order valence-electron chi connectivity index (χ1n) is 6.16. The van der Waals surface area contributed by atoms with Crippen LogP contribution in [0.5, 0.6) is 0 Å². The van der Waals surface area contributed by atoms with Crippen LogP contribution < -0.4 is 16.1 Å². The zero-order valence-electron chi connectivity index (χ0n) is 11.1. The normalized spacial score (nSPS) is 10.3. The molecule has 2 N–H and O–H groups in total. The number of aliphatic hydroxyl groups excluding tert-OH is 1. The maximum atomic E-state index is 11.9. The largest absolute Gasteiger partial charge is 0.406 e. The summed E-state index contributed by atoms with van der Waals surface area (Å²) in [5.74, 6) is 0. The van der Waals surface area contributed by atoms with E-state index in [0.29, 0.717) is 5.03 Å². The van der Waals surface area contributed by atoms with E-state index in [0.717, 1.165) is 9.63 Å². The highest BCUT2D eigenvalue weighted by Crippen LogP contribution is 2.28. The van der Waals surface area contributed by atoms with Crippen LogP contribution in [0.1, 0.15) is 5.56 Å². The lowest BCUT2D eigenvalue weighted by Crippen LogP contribution is -2.37. The molecule has 1 aromatic carbocycles. The molecule has 21 heavy (non-hydrogen) atoms. The Morgan fingerprint density at radius 3 is 2.67 bits per heavy atom. The van der Waals surface area contributed by atoms with E-state index in [2.05, 4.69) is 11.6 Å². The number of rotatable bonds is 6. The number of aromatic nitrogens is 2. The van der Waals surface area contributed by atoms with Crippen LogP contribution in [0.15, 0.2) is 56.4 Å². The van der Waals surface area contributed by atoms with Crippen molar-refractivity contribution in [3.05, 3.63) is 63.3 Å². The first-order chi connectivity index (χ1) is 10.2. The molecule has 0 saturated carbocycles.